The zero-order valence-corrected chi connectivity index (χ0v) is 19.3. The average Bonchev–Trinajstić information content (AvgIpc) is 3.55. The summed E-state index contributed by atoms with van der Waals surface area (Å²) in [5.41, 5.74) is 0.230. The van der Waals surface area contributed by atoms with E-state index in [1.807, 2.05) is 0 Å². The minimum absolute atomic E-state index is 0.0150. The maximum Gasteiger partial charge on any atom is 0.267 e. The van der Waals surface area contributed by atoms with Gasteiger partial charge >= 0.3 is 0 Å². The number of thiophene rings is 1. The molecule has 12 heteroatoms. The van der Waals surface area contributed by atoms with Crippen LogP contribution < -0.4 is 10.0 Å². The van der Waals surface area contributed by atoms with Crippen molar-refractivity contribution in [1.82, 2.24) is 9.03 Å². The fourth-order valence-electron chi connectivity index (χ4n) is 3.33. The summed E-state index contributed by atoms with van der Waals surface area (Å²) >= 11 is 1.02. The van der Waals surface area contributed by atoms with Crippen molar-refractivity contribution in [3.63, 3.8) is 0 Å². The van der Waals surface area contributed by atoms with E-state index in [1.165, 1.54) is 40.9 Å². The molecule has 1 aliphatic heterocycles. The van der Waals surface area contributed by atoms with Gasteiger partial charge in [-0.15, -0.1) is 11.3 Å². The number of carbonyl (C=O) groups excluding carboxylic acids is 1. The van der Waals surface area contributed by atoms with Gasteiger partial charge in [-0.25, -0.2) is 21.6 Å². The maximum atomic E-state index is 12.9. The molecule has 4 rings (SSSR count). The first kappa shape index (κ1) is 22.7. The number of hydrogen-bond donors (Lipinski definition) is 2. The summed E-state index contributed by atoms with van der Waals surface area (Å²) in [5.74, 6) is -0.154. The van der Waals surface area contributed by atoms with Gasteiger partial charge in [0.1, 0.15) is 15.5 Å². The van der Waals surface area contributed by atoms with Gasteiger partial charge in [-0.2, -0.15) is 4.31 Å². The van der Waals surface area contributed by atoms with E-state index in [1.54, 1.807) is 17.5 Å². The van der Waals surface area contributed by atoms with Crippen LogP contribution in [-0.4, -0.2) is 40.1 Å². The van der Waals surface area contributed by atoms with Crippen LogP contribution in [0.1, 0.15) is 28.3 Å². The molecule has 1 aliphatic rings. The Morgan fingerprint density at radius 3 is 2.56 bits per heavy atom. The Hall–Kier alpha value is -2.51. The van der Waals surface area contributed by atoms with Gasteiger partial charge in [0.05, 0.1) is 17.7 Å². The lowest BCUT2D eigenvalue weighted by molar-refractivity contribution is 0.102. The van der Waals surface area contributed by atoms with Crippen LogP contribution >= 0.6 is 11.3 Å². The third kappa shape index (κ3) is 4.79. The highest BCUT2D eigenvalue weighted by atomic mass is 32.2. The number of amides is 1. The molecule has 2 aromatic heterocycles. The number of anilines is 1. The van der Waals surface area contributed by atoms with Gasteiger partial charge in [0.25, 0.3) is 5.91 Å². The number of furan rings is 1. The lowest BCUT2D eigenvalue weighted by atomic mass is 10.3. The number of benzene rings is 1. The fraction of sp³-hybridized carbons (Fsp3) is 0.250. The van der Waals surface area contributed by atoms with E-state index in [2.05, 4.69) is 10.0 Å². The molecule has 0 aliphatic carbocycles. The van der Waals surface area contributed by atoms with E-state index in [4.69, 9.17) is 4.42 Å². The summed E-state index contributed by atoms with van der Waals surface area (Å²) in [6.45, 7) is 0.854. The normalized spacial score (nSPS) is 15.1. The second kappa shape index (κ2) is 9.16. The van der Waals surface area contributed by atoms with Crippen LogP contribution in [0.25, 0.3) is 0 Å². The Bertz CT molecular complexity index is 1310. The van der Waals surface area contributed by atoms with Gasteiger partial charge < -0.3 is 9.73 Å². The molecule has 0 bridgehead atoms. The van der Waals surface area contributed by atoms with E-state index in [-0.39, 0.29) is 26.9 Å². The Morgan fingerprint density at radius 2 is 1.84 bits per heavy atom. The highest BCUT2D eigenvalue weighted by molar-refractivity contribution is 7.89. The first-order chi connectivity index (χ1) is 15.3. The van der Waals surface area contributed by atoms with Crippen molar-refractivity contribution in [1.29, 1.82) is 0 Å². The number of rotatable bonds is 8. The molecule has 3 heterocycles. The molecule has 1 saturated heterocycles. The van der Waals surface area contributed by atoms with E-state index in [0.717, 1.165) is 24.2 Å². The Labute approximate surface area is 190 Å². The quantitative estimate of drug-likeness (QED) is 0.495. The number of hydrogen-bond acceptors (Lipinski definition) is 7. The molecule has 2 N–H and O–H groups in total. The molecule has 32 heavy (non-hydrogen) atoms. The van der Waals surface area contributed by atoms with E-state index >= 15 is 0 Å². The third-order valence-electron chi connectivity index (χ3n) is 4.94. The smallest absolute Gasteiger partial charge is 0.267 e. The number of nitrogens with one attached hydrogen (secondary N) is 2. The van der Waals surface area contributed by atoms with Gasteiger partial charge in [-0.3, -0.25) is 4.79 Å². The number of carbonyl (C=O) groups is 1. The molecule has 170 valence electrons. The number of nitrogens with zero attached hydrogens (tertiary/aromatic N) is 1. The first-order valence-electron chi connectivity index (χ1n) is 9.78. The highest BCUT2D eigenvalue weighted by Gasteiger charge is 2.32. The predicted octanol–water partition coefficient (Wildman–Crippen LogP) is 2.86. The molecular weight excluding hydrogens is 474 g/mol. The fourth-order valence-corrected chi connectivity index (χ4v) is 7.18. The standard InChI is InChI=1S/C20H21N3O6S3/c24-20(19-18(8-12-30-19)32(27,28)23-9-1-2-10-23)22-15-5-3-7-17(13-15)31(25,26)21-14-16-6-4-11-29-16/h3-8,11-13,21H,1-2,9-10,14H2,(H,22,24). The summed E-state index contributed by atoms with van der Waals surface area (Å²) < 4.78 is 59.9. The summed E-state index contributed by atoms with van der Waals surface area (Å²) in [6, 6.07) is 10.5. The minimum Gasteiger partial charge on any atom is -0.468 e. The first-order valence-corrected chi connectivity index (χ1v) is 13.6. The molecule has 0 unspecified atom stereocenters. The molecule has 0 saturated carbocycles. The largest absolute Gasteiger partial charge is 0.468 e. The summed E-state index contributed by atoms with van der Waals surface area (Å²) in [4.78, 5) is 12.8. The summed E-state index contributed by atoms with van der Waals surface area (Å²) in [5, 5.41) is 4.16. The van der Waals surface area contributed by atoms with Crippen LogP contribution in [0.3, 0.4) is 0 Å². The Morgan fingerprint density at radius 1 is 1.06 bits per heavy atom. The molecule has 0 atom stereocenters. The van der Waals surface area contributed by atoms with Crippen LogP contribution in [0.2, 0.25) is 0 Å². The molecule has 0 radical (unpaired) electrons. The van der Waals surface area contributed by atoms with Crippen molar-refractivity contribution in [2.75, 3.05) is 18.4 Å². The van der Waals surface area contributed by atoms with Crippen molar-refractivity contribution >= 4 is 43.0 Å². The van der Waals surface area contributed by atoms with Gasteiger partial charge in [-0.1, -0.05) is 6.07 Å². The van der Waals surface area contributed by atoms with Crippen LogP contribution in [0, 0.1) is 0 Å². The molecule has 1 amide bonds. The average molecular weight is 496 g/mol. The molecule has 1 fully saturated rings. The van der Waals surface area contributed by atoms with Gasteiger partial charge in [0, 0.05) is 18.8 Å². The predicted molar refractivity (Wildman–Crippen MR) is 119 cm³/mol. The van der Waals surface area contributed by atoms with E-state index < -0.39 is 26.0 Å². The molecule has 1 aromatic carbocycles. The summed E-state index contributed by atoms with van der Waals surface area (Å²) in [6.07, 6.45) is 3.03. The molecule has 0 spiro atoms. The zero-order valence-electron chi connectivity index (χ0n) is 16.9. The van der Waals surface area contributed by atoms with Crippen LogP contribution in [0.4, 0.5) is 5.69 Å². The Balaban J connectivity index is 1.51. The van der Waals surface area contributed by atoms with Gasteiger partial charge in [0.15, 0.2) is 0 Å². The van der Waals surface area contributed by atoms with E-state index in [9.17, 15) is 21.6 Å². The van der Waals surface area contributed by atoms with E-state index in [0.29, 0.717) is 18.8 Å². The van der Waals surface area contributed by atoms with Gasteiger partial charge in [-0.05, 0) is 54.6 Å². The lowest BCUT2D eigenvalue weighted by Crippen LogP contribution is -2.29. The molecular formula is C20H21N3O6S3. The lowest BCUT2D eigenvalue weighted by Gasteiger charge is -2.15. The van der Waals surface area contributed by atoms with Crippen molar-refractivity contribution < 1.29 is 26.0 Å². The summed E-state index contributed by atoms with van der Waals surface area (Å²) in [7, 11) is -7.61. The molecule has 9 nitrogen and oxygen atoms in total. The monoisotopic (exact) mass is 495 g/mol. The van der Waals surface area contributed by atoms with Crippen LogP contribution in [-0.2, 0) is 26.6 Å². The van der Waals surface area contributed by atoms with Crippen LogP contribution in [0.5, 0.6) is 0 Å². The van der Waals surface area contributed by atoms with Crippen molar-refractivity contribution in [2.45, 2.75) is 29.2 Å². The van der Waals surface area contributed by atoms with Crippen molar-refractivity contribution in [3.05, 3.63) is 64.7 Å². The van der Waals surface area contributed by atoms with Crippen molar-refractivity contribution in [2.24, 2.45) is 0 Å². The minimum atomic E-state index is -3.85. The van der Waals surface area contributed by atoms with Gasteiger partial charge in [0.2, 0.25) is 20.0 Å². The molecule has 3 aromatic rings. The zero-order chi connectivity index (χ0) is 22.8. The second-order valence-electron chi connectivity index (χ2n) is 7.11. The SMILES string of the molecule is O=C(Nc1cccc(S(=O)(=O)NCc2ccco2)c1)c1sccc1S(=O)(=O)N1CCCC1. The van der Waals surface area contributed by atoms with Crippen molar-refractivity contribution in [3.8, 4) is 0 Å². The second-order valence-corrected chi connectivity index (χ2v) is 11.7. The number of sulfonamides is 2. The van der Waals surface area contributed by atoms with Crippen LogP contribution in [0.15, 0.2) is 68.3 Å². The highest BCUT2D eigenvalue weighted by Crippen LogP contribution is 2.28. The third-order valence-corrected chi connectivity index (χ3v) is 9.32. The maximum absolute atomic E-state index is 12.9. The Kier molecular flexibility index (Phi) is 6.49. The topological polar surface area (TPSA) is 126 Å².